The molecule has 1 aliphatic rings. The standard InChI is InChI=1S/C11H17N3O/c1-8-7-13-11(12-2)14-10(8)15-9-5-3-4-6-9/h7,9H,3-6H2,1-2H3,(H,12,13,14). The van der Waals surface area contributed by atoms with E-state index in [1.54, 1.807) is 6.20 Å². The predicted octanol–water partition coefficient (Wildman–Crippen LogP) is 2.15. The van der Waals surface area contributed by atoms with Gasteiger partial charge in [0.25, 0.3) is 0 Å². The highest BCUT2D eigenvalue weighted by Crippen LogP contribution is 2.25. The lowest BCUT2D eigenvalue weighted by Crippen LogP contribution is -2.13. The number of hydrogen-bond acceptors (Lipinski definition) is 4. The molecule has 4 heteroatoms. The van der Waals surface area contributed by atoms with Gasteiger partial charge in [-0.1, -0.05) is 0 Å². The monoisotopic (exact) mass is 207 g/mol. The Labute approximate surface area is 90.1 Å². The maximum absolute atomic E-state index is 5.86. The second kappa shape index (κ2) is 4.47. The van der Waals surface area contributed by atoms with Gasteiger partial charge in [-0.2, -0.15) is 4.98 Å². The van der Waals surface area contributed by atoms with Crippen LogP contribution in [-0.2, 0) is 0 Å². The van der Waals surface area contributed by atoms with Gasteiger partial charge in [-0.05, 0) is 32.6 Å². The third-order valence-corrected chi connectivity index (χ3v) is 2.73. The van der Waals surface area contributed by atoms with E-state index in [0.29, 0.717) is 12.1 Å². The number of ether oxygens (including phenoxy) is 1. The minimum atomic E-state index is 0.350. The first-order chi connectivity index (χ1) is 7.29. The molecule has 1 fully saturated rings. The highest BCUT2D eigenvalue weighted by atomic mass is 16.5. The van der Waals surface area contributed by atoms with Crippen LogP contribution in [-0.4, -0.2) is 23.1 Å². The zero-order chi connectivity index (χ0) is 10.7. The molecule has 0 bridgehead atoms. The predicted molar refractivity (Wildman–Crippen MR) is 59.2 cm³/mol. The average Bonchev–Trinajstić information content (AvgIpc) is 2.74. The Kier molecular flexibility index (Phi) is 3.04. The van der Waals surface area contributed by atoms with Crippen molar-refractivity contribution in [2.75, 3.05) is 12.4 Å². The van der Waals surface area contributed by atoms with Crippen LogP contribution in [0.2, 0.25) is 0 Å². The van der Waals surface area contributed by atoms with Crippen LogP contribution in [0.4, 0.5) is 5.95 Å². The van der Waals surface area contributed by atoms with Crippen LogP contribution in [0.25, 0.3) is 0 Å². The maximum Gasteiger partial charge on any atom is 0.225 e. The molecule has 1 saturated carbocycles. The van der Waals surface area contributed by atoms with Crippen molar-refractivity contribution in [3.8, 4) is 5.88 Å². The minimum absolute atomic E-state index is 0.350. The topological polar surface area (TPSA) is 47.0 Å². The van der Waals surface area contributed by atoms with Crippen molar-refractivity contribution in [3.05, 3.63) is 11.8 Å². The molecule has 0 atom stereocenters. The summed E-state index contributed by atoms with van der Waals surface area (Å²) in [7, 11) is 1.81. The third-order valence-electron chi connectivity index (χ3n) is 2.73. The molecule has 0 aliphatic heterocycles. The van der Waals surface area contributed by atoms with Crippen molar-refractivity contribution in [1.29, 1.82) is 0 Å². The summed E-state index contributed by atoms with van der Waals surface area (Å²) < 4.78 is 5.86. The summed E-state index contributed by atoms with van der Waals surface area (Å²) in [4.78, 5) is 8.44. The average molecular weight is 207 g/mol. The van der Waals surface area contributed by atoms with E-state index >= 15 is 0 Å². The molecule has 0 amide bonds. The molecular formula is C11H17N3O. The second-order valence-corrected chi connectivity index (χ2v) is 3.96. The number of aryl methyl sites for hydroxylation is 1. The zero-order valence-electron chi connectivity index (χ0n) is 9.29. The molecule has 0 unspecified atom stereocenters. The van der Waals surface area contributed by atoms with Crippen molar-refractivity contribution >= 4 is 5.95 Å². The smallest absolute Gasteiger partial charge is 0.225 e. The molecule has 1 N–H and O–H groups in total. The highest BCUT2D eigenvalue weighted by molar-refractivity contribution is 5.31. The SMILES string of the molecule is CNc1ncc(C)c(OC2CCCC2)n1. The first-order valence-corrected chi connectivity index (χ1v) is 5.47. The van der Waals surface area contributed by atoms with Crippen LogP contribution in [0.15, 0.2) is 6.20 Å². The van der Waals surface area contributed by atoms with E-state index in [0.717, 1.165) is 24.3 Å². The molecule has 1 aromatic heterocycles. The maximum atomic E-state index is 5.86. The summed E-state index contributed by atoms with van der Waals surface area (Å²) in [5.74, 6) is 1.34. The summed E-state index contributed by atoms with van der Waals surface area (Å²) in [6.45, 7) is 1.98. The Hall–Kier alpha value is -1.32. The molecule has 1 aromatic rings. The van der Waals surface area contributed by atoms with Gasteiger partial charge in [0.2, 0.25) is 11.8 Å². The van der Waals surface area contributed by atoms with Crippen LogP contribution in [0.3, 0.4) is 0 Å². The van der Waals surface area contributed by atoms with Crippen LogP contribution in [0, 0.1) is 6.92 Å². The van der Waals surface area contributed by atoms with E-state index in [1.807, 2.05) is 14.0 Å². The fourth-order valence-electron chi connectivity index (χ4n) is 1.83. The van der Waals surface area contributed by atoms with Gasteiger partial charge in [0.15, 0.2) is 0 Å². The van der Waals surface area contributed by atoms with Gasteiger partial charge >= 0.3 is 0 Å². The summed E-state index contributed by atoms with van der Waals surface area (Å²) in [6, 6.07) is 0. The Morgan fingerprint density at radius 1 is 1.40 bits per heavy atom. The van der Waals surface area contributed by atoms with Gasteiger partial charge in [0.1, 0.15) is 6.10 Å². The van der Waals surface area contributed by atoms with Gasteiger partial charge in [0.05, 0.1) is 0 Å². The van der Waals surface area contributed by atoms with E-state index in [1.165, 1.54) is 12.8 Å². The fourth-order valence-corrected chi connectivity index (χ4v) is 1.83. The van der Waals surface area contributed by atoms with Crippen molar-refractivity contribution in [1.82, 2.24) is 9.97 Å². The first-order valence-electron chi connectivity index (χ1n) is 5.47. The lowest BCUT2D eigenvalue weighted by molar-refractivity contribution is 0.200. The molecule has 1 aliphatic carbocycles. The number of nitrogens with zero attached hydrogens (tertiary/aromatic N) is 2. The van der Waals surface area contributed by atoms with Crippen molar-refractivity contribution < 1.29 is 4.74 Å². The molecule has 0 radical (unpaired) electrons. The molecule has 0 spiro atoms. The number of nitrogens with one attached hydrogen (secondary N) is 1. The van der Waals surface area contributed by atoms with Gasteiger partial charge in [-0.3, -0.25) is 0 Å². The second-order valence-electron chi connectivity index (χ2n) is 3.96. The van der Waals surface area contributed by atoms with Gasteiger partial charge in [-0.25, -0.2) is 4.98 Å². The molecule has 0 saturated heterocycles. The number of hydrogen-bond donors (Lipinski definition) is 1. The number of aromatic nitrogens is 2. The molecule has 2 rings (SSSR count). The Morgan fingerprint density at radius 2 is 2.13 bits per heavy atom. The van der Waals surface area contributed by atoms with Gasteiger partial charge in [0, 0.05) is 18.8 Å². The minimum Gasteiger partial charge on any atom is -0.474 e. The van der Waals surface area contributed by atoms with Crippen molar-refractivity contribution in [2.24, 2.45) is 0 Å². The molecular weight excluding hydrogens is 190 g/mol. The summed E-state index contributed by atoms with van der Waals surface area (Å²) >= 11 is 0. The van der Waals surface area contributed by atoms with Crippen LogP contribution in [0.5, 0.6) is 5.88 Å². The molecule has 15 heavy (non-hydrogen) atoms. The largest absolute Gasteiger partial charge is 0.474 e. The number of anilines is 1. The van der Waals surface area contributed by atoms with Gasteiger partial charge in [-0.15, -0.1) is 0 Å². The molecule has 1 heterocycles. The zero-order valence-corrected chi connectivity index (χ0v) is 9.29. The van der Waals surface area contributed by atoms with E-state index < -0.39 is 0 Å². The first kappa shape index (κ1) is 10.2. The Bertz CT molecular complexity index is 335. The molecule has 4 nitrogen and oxygen atoms in total. The molecule has 82 valence electrons. The lowest BCUT2D eigenvalue weighted by Gasteiger charge is -2.14. The Balaban J connectivity index is 2.11. The van der Waals surface area contributed by atoms with E-state index in [9.17, 15) is 0 Å². The van der Waals surface area contributed by atoms with Crippen molar-refractivity contribution in [3.63, 3.8) is 0 Å². The fraction of sp³-hybridized carbons (Fsp3) is 0.636. The summed E-state index contributed by atoms with van der Waals surface area (Å²) in [6.07, 6.45) is 6.99. The number of rotatable bonds is 3. The van der Waals surface area contributed by atoms with Crippen molar-refractivity contribution in [2.45, 2.75) is 38.7 Å². The van der Waals surface area contributed by atoms with Crippen LogP contribution in [0.1, 0.15) is 31.2 Å². The van der Waals surface area contributed by atoms with E-state index in [2.05, 4.69) is 15.3 Å². The summed E-state index contributed by atoms with van der Waals surface area (Å²) in [5, 5.41) is 2.92. The van der Waals surface area contributed by atoms with Crippen LogP contribution >= 0.6 is 0 Å². The highest BCUT2D eigenvalue weighted by Gasteiger charge is 2.18. The van der Waals surface area contributed by atoms with E-state index in [-0.39, 0.29) is 0 Å². The Morgan fingerprint density at radius 3 is 2.80 bits per heavy atom. The summed E-state index contributed by atoms with van der Waals surface area (Å²) in [5.41, 5.74) is 1.00. The van der Waals surface area contributed by atoms with E-state index in [4.69, 9.17) is 4.74 Å². The quantitative estimate of drug-likeness (QED) is 0.825. The van der Waals surface area contributed by atoms with Gasteiger partial charge < -0.3 is 10.1 Å². The normalized spacial score (nSPS) is 16.7. The van der Waals surface area contributed by atoms with Crippen LogP contribution < -0.4 is 10.1 Å². The third kappa shape index (κ3) is 2.37. The molecule has 0 aromatic carbocycles. The lowest BCUT2D eigenvalue weighted by atomic mass is 10.3.